The molecule has 27 heavy (non-hydrogen) atoms. The summed E-state index contributed by atoms with van der Waals surface area (Å²) < 4.78 is 5.37. The van der Waals surface area contributed by atoms with E-state index >= 15 is 0 Å². The predicted molar refractivity (Wildman–Crippen MR) is 106 cm³/mol. The lowest BCUT2D eigenvalue weighted by Crippen LogP contribution is -2.05. The summed E-state index contributed by atoms with van der Waals surface area (Å²) in [6.45, 7) is 1.74. The van der Waals surface area contributed by atoms with E-state index in [2.05, 4.69) is 21.8 Å². The Labute approximate surface area is 157 Å². The zero-order valence-electron chi connectivity index (χ0n) is 15.1. The number of benzene rings is 2. The SMILES string of the molecule is COc1cc(-c2ccccc2)cc([C@H](O)C#Cc2c(C)nc(N)nc2N)c1. The second kappa shape index (κ2) is 7.77. The Morgan fingerprint density at radius 1 is 1.04 bits per heavy atom. The number of aliphatic hydroxyl groups excluding tert-OH is 1. The highest BCUT2D eigenvalue weighted by Crippen LogP contribution is 2.28. The molecule has 3 aromatic rings. The van der Waals surface area contributed by atoms with Crippen LogP contribution in [0.15, 0.2) is 48.5 Å². The van der Waals surface area contributed by atoms with Crippen molar-refractivity contribution in [1.82, 2.24) is 9.97 Å². The van der Waals surface area contributed by atoms with Crippen LogP contribution in [0.4, 0.5) is 11.8 Å². The molecule has 0 saturated heterocycles. The highest BCUT2D eigenvalue weighted by Gasteiger charge is 2.11. The van der Waals surface area contributed by atoms with E-state index < -0.39 is 6.10 Å². The number of nitrogens with two attached hydrogens (primary N) is 2. The van der Waals surface area contributed by atoms with Crippen molar-refractivity contribution in [2.24, 2.45) is 0 Å². The Kier molecular flexibility index (Phi) is 5.25. The molecule has 0 unspecified atom stereocenters. The summed E-state index contributed by atoms with van der Waals surface area (Å²) in [4.78, 5) is 7.96. The molecule has 0 spiro atoms. The first-order valence-electron chi connectivity index (χ1n) is 8.31. The zero-order chi connectivity index (χ0) is 19.4. The molecular weight excluding hydrogens is 340 g/mol. The van der Waals surface area contributed by atoms with Gasteiger partial charge in [0.05, 0.1) is 18.4 Å². The van der Waals surface area contributed by atoms with Gasteiger partial charge < -0.3 is 21.3 Å². The maximum Gasteiger partial charge on any atom is 0.222 e. The number of aliphatic hydroxyl groups is 1. The molecule has 0 bridgehead atoms. The van der Waals surface area contributed by atoms with E-state index in [1.54, 1.807) is 20.1 Å². The topological polar surface area (TPSA) is 107 Å². The molecular formula is C21H20N4O2. The summed E-state index contributed by atoms with van der Waals surface area (Å²) in [7, 11) is 1.59. The highest BCUT2D eigenvalue weighted by atomic mass is 16.5. The van der Waals surface area contributed by atoms with Gasteiger partial charge in [0.1, 0.15) is 17.7 Å². The van der Waals surface area contributed by atoms with Crippen molar-refractivity contribution in [3.8, 4) is 28.7 Å². The van der Waals surface area contributed by atoms with Crippen molar-refractivity contribution in [3.63, 3.8) is 0 Å². The predicted octanol–water partition coefficient (Wildman–Crippen LogP) is 2.71. The fourth-order valence-corrected chi connectivity index (χ4v) is 2.69. The van der Waals surface area contributed by atoms with Crippen LogP contribution in [-0.4, -0.2) is 22.2 Å². The van der Waals surface area contributed by atoms with Crippen molar-refractivity contribution in [3.05, 3.63) is 65.4 Å². The number of aromatic nitrogens is 2. The number of methoxy groups -OCH3 is 1. The fourth-order valence-electron chi connectivity index (χ4n) is 2.69. The smallest absolute Gasteiger partial charge is 0.222 e. The van der Waals surface area contributed by atoms with Crippen molar-refractivity contribution >= 4 is 11.8 Å². The van der Waals surface area contributed by atoms with E-state index in [1.807, 2.05) is 42.5 Å². The van der Waals surface area contributed by atoms with Gasteiger partial charge in [-0.25, -0.2) is 4.98 Å². The Bertz CT molecular complexity index is 1000. The minimum atomic E-state index is -1.03. The number of anilines is 2. The lowest BCUT2D eigenvalue weighted by molar-refractivity contribution is 0.238. The molecule has 3 rings (SSSR count). The average molecular weight is 360 g/mol. The largest absolute Gasteiger partial charge is 0.497 e. The third-order valence-electron chi connectivity index (χ3n) is 4.06. The average Bonchev–Trinajstić information content (AvgIpc) is 2.67. The van der Waals surface area contributed by atoms with Gasteiger partial charge >= 0.3 is 0 Å². The maximum atomic E-state index is 10.6. The first kappa shape index (κ1) is 18.2. The van der Waals surface area contributed by atoms with Crippen LogP contribution in [0.3, 0.4) is 0 Å². The summed E-state index contributed by atoms with van der Waals surface area (Å²) in [5.74, 6) is 6.57. The van der Waals surface area contributed by atoms with Gasteiger partial charge in [-0.05, 0) is 41.8 Å². The van der Waals surface area contributed by atoms with Gasteiger partial charge in [-0.1, -0.05) is 42.2 Å². The number of ether oxygens (including phenoxy) is 1. The van der Waals surface area contributed by atoms with Gasteiger partial charge in [-0.2, -0.15) is 4.98 Å². The number of rotatable bonds is 3. The lowest BCUT2D eigenvalue weighted by atomic mass is 10.00. The van der Waals surface area contributed by atoms with Crippen LogP contribution in [0.2, 0.25) is 0 Å². The van der Waals surface area contributed by atoms with E-state index in [0.29, 0.717) is 22.6 Å². The number of hydrogen-bond acceptors (Lipinski definition) is 6. The summed E-state index contributed by atoms with van der Waals surface area (Å²) >= 11 is 0. The van der Waals surface area contributed by atoms with Gasteiger partial charge in [-0.3, -0.25) is 0 Å². The van der Waals surface area contributed by atoms with Crippen LogP contribution in [0.5, 0.6) is 5.75 Å². The van der Waals surface area contributed by atoms with Crippen LogP contribution in [-0.2, 0) is 0 Å². The van der Waals surface area contributed by atoms with E-state index in [1.165, 1.54) is 0 Å². The molecule has 0 fully saturated rings. The van der Waals surface area contributed by atoms with E-state index in [-0.39, 0.29) is 11.8 Å². The Morgan fingerprint density at radius 3 is 2.44 bits per heavy atom. The minimum absolute atomic E-state index is 0.0939. The first-order valence-corrected chi connectivity index (χ1v) is 8.31. The third kappa shape index (κ3) is 4.17. The monoisotopic (exact) mass is 360 g/mol. The van der Waals surface area contributed by atoms with Crippen LogP contribution >= 0.6 is 0 Å². The molecule has 1 atom stereocenters. The zero-order valence-corrected chi connectivity index (χ0v) is 15.1. The Balaban J connectivity index is 1.98. The molecule has 0 amide bonds. The number of nitrogen functional groups attached to an aromatic ring is 2. The molecule has 6 heteroatoms. The summed E-state index contributed by atoms with van der Waals surface area (Å²) in [5, 5.41) is 10.6. The van der Waals surface area contributed by atoms with Crippen molar-refractivity contribution in [2.45, 2.75) is 13.0 Å². The summed E-state index contributed by atoms with van der Waals surface area (Å²) in [6.07, 6.45) is -1.03. The molecule has 0 aliphatic carbocycles. The first-order chi connectivity index (χ1) is 13.0. The van der Waals surface area contributed by atoms with Gasteiger partial charge in [0.25, 0.3) is 0 Å². The van der Waals surface area contributed by atoms with Crippen LogP contribution in [0.25, 0.3) is 11.1 Å². The molecule has 1 heterocycles. The lowest BCUT2D eigenvalue weighted by Gasteiger charge is -2.11. The molecule has 0 aliphatic rings. The van der Waals surface area contributed by atoms with Gasteiger partial charge in [0.15, 0.2) is 0 Å². The Hall–Kier alpha value is -3.56. The van der Waals surface area contributed by atoms with E-state index in [0.717, 1.165) is 11.1 Å². The minimum Gasteiger partial charge on any atom is -0.497 e. The van der Waals surface area contributed by atoms with Gasteiger partial charge in [-0.15, -0.1) is 0 Å². The highest BCUT2D eigenvalue weighted by molar-refractivity contribution is 5.66. The van der Waals surface area contributed by atoms with Crippen molar-refractivity contribution in [2.75, 3.05) is 18.6 Å². The normalized spacial score (nSPS) is 11.4. The fraction of sp³-hybridized carbons (Fsp3) is 0.143. The number of aryl methyl sites for hydroxylation is 1. The third-order valence-corrected chi connectivity index (χ3v) is 4.06. The summed E-state index contributed by atoms with van der Waals surface area (Å²) in [6, 6.07) is 15.4. The molecule has 0 radical (unpaired) electrons. The standard InChI is InChI=1S/C21H20N4O2/c1-13-18(20(22)25-21(23)24-13)8-9-19(26)16-10-15(11-17(12-16)27-2)14-6-4-3-5-7-14/h3-7,10-12,19,26H,1-2H3,(H4,22,23,24,25)/t19-/m1/s1. The van der Waals surface area contributed by atoms with E-state index in [9.17, 15) is 5.11 Å². The second-order valence-electron chi connectivity index (χ2n) is 5.96. The summed E-state index contributed by atoms with van der Waals surface area (Å²) in [5.41, 5.74) is 15.0. The van der Waals surface area contributed by atoms with Crippen LogP contribution in [0, 0.1) is 18.8 Å². The molecule has 2 aromatic carbocycles. The molecule has 0 aliphatic heterocycles. The molecule has 6 nitrogen and oxygen atoms in total. The van der Waals surface area contributed by atoms with Crippen molar-refractivity contribution in [1.29, 1.82) is 0 Å². The van der Waals surface area contributed by atoms with Crippen LogP contribution < -0.4 is 16.2 Å². The van der Waals surface area contributed by atoms with Gasteiger partial charge in [0.2, 0.25) is 5.95 Å². The molecule has 5 N–H and O–H groups in total. The Morgan fingerprint density at radius 2 is 1.78 bits per heavy atom. The quantitative estimate of drug-likeness (QED) is 0.620. The molecule has 136 valence electrons. The van der Waals surface area contributed by atoms with Crippen LogP contribution in [0.1, 0.15) is 22.9 Å². The molecule has 0 saturated carbocycles. The van der Waals surface area contributed by atoms with Crippen molar-refractivity contribution < 1.29 is 9.84 Å². The number of hydrogen-bond donors (Lipinski definition) is 3. The maximum absolute atomic E-state index is 10.6. The number of nitrogens with zero attached hydrogens (tertiary/aromatic N) is 2. The van der Waals surface area contributed by atoms with Gasteiger partial charge in [0, 0.05) is 0 Å². The second-order valence-corrected chi connectivity index (χ2v) is 5.96. The van der Waals surface area contributed by atoms with E-state index in [4.69, 9.17) is 16.2 Å². The molecule has 1 aromatic heterocycles.